The van der Waals surface area contributed by atoms with Crippen molar-refractivity contribution >= 4 is 27.0 Å². The highest BCUT2D eigenvalue weighted by molar-refractivity contribution is 7.89. The van der Waals surface area contributed by atoms with Gasteiger partial charge in [0.15, 0.2) is 0 Å². The molecular weight excluding hydrogens is 380 g/mol. The predicted octanol–water partition coefficient (Wildman–Crippen LogP) is 1.15. The van der Waals surface area contributed by atoms with E-state index in [1.807, 2.05) is 16.5 Å². The topological polar surface area (TPSA) is 84.7 Å². The molecule has 152 valence electrons. The molecule has 2 aliphatic rings. The molecule has 0 radical (unpaired) electrons. The van der Waals surface area contributed by atoms with Crippen LogP contribution in [0.25, 0.3) is 11.0 Å². The molecule has 2 aromatic rings. The molecule has 0 bridgehead atoms. The third-order valence-corrected chi connectivity index (χ3v) is 7.47. The lowest BCUT2D eigenvalue weighted by Crippen LogP contribution is -2.40. The van der Waals surface area contributed by atoms with E-state index in [-0.39, 0.29) is 10.8 Å². The number of hydrogen-bond acceptors (Lipinski definition) is 5. The summed E-state index contributed by atoms with van der Waals surface area (Å²) >= 11 is 0. The highest BCUT2D eigenvalue weighted by Gasteiger charge is 2.27. The molecule has 2 aliphatic heterocycles. The van der Waals surface area contributed by atoms with Crippen molar-refractivity contribution in [1.82, 2.24) is 18.8 Å². The van der Waals surface area contributed by atoms with Gasteiger partial charge in [-0.25, -0.2) is 13.4 Å². The molecular formula is C19H26N4O4S. The zero-order chi connectivity index (χ0) is 19.7. The standard InChI is InChI=1S/C19H26N4O4S/c1-21-17-5-4-15(28(25,26)23-8-2-3-9-23)14-16(17)20-18(21)6-7-19(24)22-10-12-27-13-11-22/h4-5,14H,2-3,6-13H2,1H3. The fourth-order valence-corrected chi connectivity index (χ4v) is 5.42. The summed E-state index contributed by atoms with van der Waals surface area (Å²) in [5.41, 5.74) is 1.52. The zero-order valence-corrected chi connectivity index (χ0v) is 16.9. The minimum atomic E-state index is -3.46. The van der Waals surface area contributed by atoms with Gasteiger partial charge in [0.25, 0.3) is 0 Å². The van der Waals surface area contributed by atoms with E-state index in [1.165, 1.54) is 0 Å². The van der Waals surface area contributed by atoms with Gasteiger partial charge in [-0.2, -0.15) is 4.31 Å². The van der Waals surface area contributed by atoms with Crippen LogP contribution in [0.15, 0.2) is 23.1 Å². The lowest BCUT2D eigenvalue weighted by molar-refractivity contribution is -0.135. The Bertz CT molecular complexity index is 973. The molecule has 0 N–H and O–H groups in total. The van der Waals surface area contributed by atoms with E-state index >= 15 is 0 Å². The van der Waals surface area contributed by atoms with E-state index in [1.54, 1.807) is 22.5 Å². The normalized spacial score (nSPS) is 18.8. The number of rotatable bonds is 5. The summed E-state index contributed by atoms with van der Waals surface area (Å²) in [6.45, 7) is 3.62. The van der Waals surface area contributed by atoms with Gasteiger partial charge in [-0.1, -0.05) is 0 Å². The minimum absolute atomic E-state index is 0.104. The Labute approximate surface area is 165 Å². The molecule has 1 amide bonds. The van der Waals surface area contributed by atoms with Crippen LogP contribution in [0.1, 0.15) is 25.1 Å². The first-order valence-corrected chi connectivity index (χ1v) is 11.2. The molecule has 8 nitrogen and oxygen atoms in total. The number of ether oxygens (including phenoxy) is 1. The molecule has 2 saturated heterocycles. The minimum Gasteiger partial charge on any atom is -0.378 e. The number of carbonyl (C=O) groups is 1. The number of fused-ring (bicyclic) bond motifs is 1. The van der Waals surface area contributed by atoms with E-state index < -0.39 is 10.0 Å². The number of imidazole rings is 1. The van der Waals surface area contributed by atoms with Crippen LogP contribution in [0.5, 0.6) is 0 Å². The van der Waals surface area contributed by atoms with Gasteiger partial charge in [0, 0.05) is 46.1 Å². The van der Waals surface area contributed by atoms with Crippen molar-refractivity contribution in [3.05, 3.63) is 24.0 Å². The van der Waals surface area contributed by atoms with Crippen molar-refractivity contribution in [2.24, 2.45) is 7.05 Å². The van der Waals surface area contributed by atoms with Gasteiger partial charge in [-0.15, -0.1) is 0 Å². The number of aromatic nitrogens is 2. The summed E-state index contributed by atoms with van der Waals surface area (Å²) in [6, 6.07) is 5.11. The van der Waals surface area contributed by atoms with Crippen LogP contribution >= 0.6 is 0 Å². The van der Waals surface area contributed by atoms with Crippen molar-refractivity contribution in [2.45, 2.75) is 30.6 Å². The summed E-state index contributed by atoms with van der Waals surface area (Å²) in [5, 5.41) is 0. The van der Waals surface area contributed by atoms with Crippen molar-refractivity contribution in [3.8, 4) is 0 Å². The van der Waals surface area contributed by atoms with Gasteiger partial charge in [-0.05, 0) is 31.0 Å². The van der Waals surface area contributed by atoms with Crippen molar-refractivity contribution in [1.29, 1.82) is 0 Å². The smallest absolute Gasteiger partial charge is 0.243 e. The molecule has 0 saturated carbocycles. The monoisotopic (exact) mass is 406 g/mol. The Morgan fingerprint density at radius 1 is 1.14 bits per heavy atom. The van der Waals surface area contributed by atoms with Gasteiger partial charge >= 0.3 is 0 Å². The number of benzene rings is 1. The molecule has 1 aromatic heterocycles. The van der Waals surface area contributed by atoms with E-state index in [9.17, 15) is 13.2 Å². The summed E-state index contributed by atoms with van der Waals surface area (Å²) in [5.74, 6) is 0.889. The molecule has 0 spiro atoms. The number of nitrogens with zero attached hydrogens (tertiary/aromatic N) is 4. The number of carbonyl (C=O) groups excluding carboxylic acids is 1. The lowest BCUT2D eigenvalue weighted by atomic mass is 10.2. The molecule has 28 heavy (non-hydrogen) atoms. The van der Waals surface area contributed by atoms with Gasteiger partial charge < -0.3 is 14.2 Å². The van der Waals surface area contributed by atoms with Gasteiger partial charge in [0.2, 0.25) is 15.9 Å². The van der Waals surface area contributed by atoms with Crippen molar-refractivity contribution in [2.75, 3.05) is 39.4 Å². The average molecular weight is 407 g/mol. The summed E-state index contributed by atoms with van der Waals surface area (Å²) in [4.78, 5) is 19.1. The highest BCUT2D eigenvalue weighted by Crippen LogP contribution is 2.25. The molecule has 0 atom stereocenters. The Hall–Kier alpha value is -1.97. The summed E-state index contributed by atoms with van der Waals surface area (Å²) < 4.78 is 34.3. The SMILES string of the molecule is Cn1c(CCC(=O)N2CCOCC2)nc2cc(S(=O)(=O)N3CCCC3)ccc21. The number of morpholine rings is 1. The molecule has 3 heterocycles. The average Bonchev–Trinajstić information content (AvgIpc) is 3.36. The first-order valence-electron chi connectivity index (χ1n) is 9.78. The molecule has 2 fully saturated rings. The first-order chi connectivity index (χ1) is 13.5. The van der Waals surface area contributed by atoms with Crippen LogP contribution in [-0.2, 0) is 33.0 Å². The first kappa shape index (κ1) is 19.4. The van der Waals surface area contributed by atoms with Gasteiger partial charge in [-0.3, -0.25) is 4.79 Å². The third-order valence-electron chi connectivity index (χ3n) is 5.57. The fraction of sp³-hybridized carbons (Fsp3) is 0.579. The van der Waals surface area contributed by atoms with Crippen molar-refractivity contribution < 1.29 is 17.9 Å². The van der Waals surface area contributed by atoms with Crippen LogP contribution in [0.4, 0.5) is 0 Å². The van der Waals surface area contributed by atoms with E-state index in [0.717, 1.165) is 24.2 Å². The van der Waals surface area contributed by atoms with Crippen LogP contribution < -0.4 is 0 Å². The quantitative estimate of drug-likeness (QED) is 0.744. The largest absolute Gasteiger partial charge is 0.378 e. The van der Waals surface area contributed by atoms with Crippen LogP contribution in [0.3, 0.4) is 0 Å². The Morgan fingerprint density at radius 2 is 1.86 bits per heavy atom. The fourth-order valence-electron chi connectivity index (χ4n) is 3.88. The molecule has 1 aromatic carbocycles. The number of hydrogen-bond donors (Lipinski definition) is 0. The Balaban J connectivity index is 1.52. The maximum Gasteiger partial charge on any atom is 0.243 e. The Kier molecular flexibility index (Phi) is 5.39. The molecule has 0 aliphatic carbocycles. The third kappa shape index (κ3) is 3.66. The number of aryl methyl sites for hydroxylation is 2. The number of amides is 1. The second-order valence-electron chi connectivity index (χ2n) is 7.34. The zero-order valence-electron chi connectivity index (χ0n) is 16.1. The molecule has 9 heteroatoms. The molecule has 4 rings (SSSR count). The highest BCUT2D eigenvalue weighted by atomic mass is 32.2. The van der Waals surface area contributed by atoms with Crippen LogP contribution in [0, 0.1) is 0 Å². The van der Waals surface area contributed by atoms with E-state index in [2.05, 4.69) is 4.98 Å². The number of sulfonamides is 1. The van der Waals surface area contributed by atoms with E-state index in [4.69, 9.17) is 4.74 Å². The summed E-state index contributed by atoms with van der Waals surface area (Å²) in [7, 11) is -1.56. The van der Waals surface area contributed by atoms with E-state index in [0.29, 0.717) is 57.8 Å². The van der Waals surface area contributed by atoms with Gasteiger partial charge in [0.05, 0.1) is 29.1 Å². The lowest BCUT2D eigenvalue weighted by Gasteiger charge is -2.26. The van der Waals surface area contributed by atoms with Crippen LogP contribution in [-0.4, -0.2) is 72.5 Å². The van der Waals surface area contributed by atoms with Crippen LogP contribution in [0.2, 0.25) is 0 Å². The maximum atomic E-state index is 12.8. The predicted molar refractivity (Wildman–Crippen MR) is 104 cm³/mol. The second kappa shape index (κ2) is 7.81. The van der Waals surface area contributed by atoms with Crippen molar-refractivity contribution in [3.63, 3.8) is 0 Å². The maximum absolute atomic E-state index is 12.8. The summed E-state index contributed by atoms with van der Waals surface area (Å²) in [6.07, 6.45) is 2.73. The second-order valence-corrected chi connectivity index (χ2v) is 9.28. The Morgan fingerprint density at radius 3 is 2.57 bits per heavy atom. The molecule has 0 unspecified atom stereocenters. The van der Waals surface area contributed by atoms with Gasteiger partial charge in [0.1, 0.15) is 5.82 Å².